The number of benzene rings is 2. The second-order valence-electron chi connectivity index (χ2n) is 6.26. The summed E-state index contributed by atoms with van der Waals surface area (Å²) in [5, 5.41) is 31.5. The van der Waals surface area contributed by atoms with E-state index < -0.39 is 6.10 Å². The number of H-pyrrole nitrogens is 1. The second-order valence-corrected chi connectivity index (χ2v) is 6.26. The van der Waals surface area contributed by atoms with E-state index in [0.29, 0.717) is 18.5 Å². The lowest BCUT2D eigenvalue weighted by molar-refractivity contribution is 0.0900. The molecule has 0 aliphatic carbocycles. The fraction of sp³-hybridized carbons (Fsp3) is 0.250. The molecule has 0 aliphatic rings. The average Bonchev–Trinajstić information content (AvgIpc) is 3.08. The second kappa shape index (κ2) is 8.03. The lowest BCUT2D eigenvalue weighted by atomic mass is 10.0. The molecular formula is C20H22N2O4. The summed E-state index contributed by atoms with van der Waals surface area (Å²) in [6, 6.07) is 14.6. The zero-order chi connectivity index (χ0) is 18.5. The van der Waals surface area contributed by atoms with E-state index in [1.165, 1.54) is 0 Å². The molecule has 1 unspecified atom stereocenters. The number of fused-ring (bicyclic) bond motifs is 1. The van der Waals surface area contributed by atoms with E-state index in [-0.39, 0.29) is 24.8 Å². The van der Waals surface area contributed by atoms with E-state index in [0.717, 1.165) is 22.0 Å². The van der Waals surface area contributed by atoms with Crippen molar-refractivity contribution in [2.24, 2.45) is 0 Å². The maximum Gasteiger partial charge on any atom is 0.267 e. The van der Waals surface area contributed by atoms with Crippen LogP contribution in [-0.4, -0.2) is 45.5 Å². The molecule has 3 aromatic rings. The van der Waals surface area contributed by atoms with Gasteiger partial charge in [0, 0.05) is 24.1 Å². The quantitative estimate of drug-likeness (QED) is 0.449. The van der Waals surface area contributed by atoms with Crippen LogP contribution in [0, 0.1) is 0 Å². The van der Waals surface area contributed by atoms with Gasteiger partial charge in [0.1, 0.15) is 11.4 Å². The molecule has 5 N–H and O–H groups in total. The van der Waals surface area contributed by atoms with E-state index in [2.05, 4.69) is 10.3 Å². The van der Waals surface area contributed by atoms with Gasteiger partial charge in [0.05, 0.1) is 6.10 Å². The van der Waals surface area contributed by atoms with Gasteiger partial charge >= 0.3 is 0 Å². The fourth-order valence-electron chi connectivity index (χ4n) is 2.82. The Hall–Kier alpha value is -2.83. The van der Waals surface area contributed by atoms with Crippen molar-refractivity contribution in [3.8, 4) is 16.9 Å². The van der Waals surface area contributed by atoms with Crippen molar-refractivity contribution >= 4 is 16.8 Å². The first-order valence-electron chi connectivity index (χ1n) is 8.56. The van der Waals surface area contributed by atoms with Crippen LogP contribution in [-0.2, 0) is 0 Å². The summed E-state index contributed by atoms with van der Waals surface area (Å²) < 4.78 is 0. The molecule has 3 rings (SSSR count). The molecule has 1 aromatic heterocycles. The van der Waals surface area contributed by atoms with E-state index >= 15 is 0 Å². The summed E-state index contributed by atoms with van der Waals surface area (Å²) in [5.74, 6) is -0.0646. The van der Waals surface area contributed by atoms with E-state index in [1.807, 2.05) is 30.3 Å². The molecule has 2 aromatic carbocycles. The summed E-state index contributed by atoms with van der Waals surface area (Å²) in [4.78, 5) is 15.4. The molecule has 0 aliphatic heterocycles. The summed E-state index contributed by atoms with van der Waals surface area (Å²) in [7, 11) is 0. The molecule has 136 valence electrons. The van der Waals surface area contributed by atoms with Crippen LogP contribution < -0.4 is 5.32 Å². The number of aliphatic hydroxyl groups is 2. The number of amides is 1. The van der Waals surface area contributed by atoms with Gasteiger partial charge in [-0.25, -0.2) is 0 Å². The molecule has 1 atom stereocenters. The Morgan fingerprint density at radius 3 is 2.54 bits per heavy atom. The number of hydrogen-bond acceptors (Lipinski definition) is 4. The number of nitrogens with one attached hydrogen (secondary N) is 2. The standard InChI is InChI=1S/C20H22N2O4/c23-9-1-2-17(25)12-21-20(26)19-11-15-4-3-14(10-18(15)22-19)13-5-7-16(24)8-6-13/h3-8,10-11,17,22-25H,1-2,9,12H2,(H,21,26). The lowest BCUT2D eigenvalue weighted by Crippen LogP contribution is -2.32. The third-order valence-electron chi connectivity index (χ3n) is 4.26. The van der Waals surface area contributed by atoms with Crippen LogP contribution in [0.3, 0.4) is 0 Å². The summed E-state index contributed by atoms with van der Waals surface area (Å²) in [6.45, 7) is 0.170. The summed E-state index contributed by atoms with van der Waals surface area (Å²) in [6.07, 6.45) is 0.278. The lowest BCUT2D eigenvalue weighted by Gasteiger charge is -2.10. The minimum Gasteiger partial charge on any atom is -0.508 e. The van der Waals surface area contributed by atoms with Crippen molar-refractivity contribution < 1.29 is 20.1 Å². The summed E-state index contributed by atoms with van der Waals surface area (Å²) >= 11 is 0. The summed E-state index contributed by atoms with van der Waals surface area (Å²) in [5.41, 5.74) is 3.21. The topological polar surface area (TPSA) is 106 Å². The molecule has 0 radical (unpaired) electrons. The monoisotopic (exact) mass is 354 g/mol. The number of aromatic nitrogens is 1. The van der Waals surface area contributed by atoms with Crippen LogP contribution in [0.5, 0.6) is 5.75 Å². The molecule has 6 nitrogen and oxygen atoms in total. The highest BCUT2D eigenvalue weighted by atomic mass is 16.3. The van der Waals surface area contributed by atoms with Crippen molar-refractivity contribution in [1.29, 1.82) is 0 Å². The molecule has 1 amide bonds. The van der Waals surface area contributed by atoms with Crippen molar-refractivity contribution in [2.45, 2.75) is 18.9 Å². The predicted molar refractivity (Wildman–Crippen MR) is 100 cm³/mol. The molecule has 26 heavy (non-hydrogen) atoms. The normalized spacial score (nSPS) is 12.2. The Morgan fingerprint density at radius 1 is 1.08 bits per heavy atom. The van der Waals surface area contributed by atoms with E-state index in [1.54, 1.807) is 18.2 Å². The molecule has 0 saturated carbocycles. The smallest absolute Gasteiger partial charge is 0.267 e. The van der Waals surface area contributed by atoms with Crippen LogP contribution in [0.15, 0.2) is 48.5 Å². The van der Waals surface area contributed by atoms with Gasteiger partial charge in [-0.3, -0.25) is 4.79 Å². The van der Waals surface area contributed by atoms with Crippen molar-refractivity contribution in [2.75, 3.05) is 13.2 Å². The number of carbonyl (C=O) groups is 1. The van der Waals surface area contributed by atoms with Gasteiger partial charge in [-0.15, -0.1) is 0 Å². The first-order chi connectivity index (χ1) is 12.6. The minimum atomic E-state index is -0.670. The number of aromatic amines is 1. The number of phenols is 1. The highest BCUT2D eigenvalue weighted by Crippen LogP contribution is 2.26. The Morgan fingerprint density at radius 2 is 1.81 bits per heavy atom. The number of carbonyl (C=O) groups excluding carboxylic acids is 1. The predicted octanol–water partition coefficient (Wildman–Crippen LogP) is 2.40. The van der Waals surface area contributed by atoms with Gasteiger partial charge in [0.15, 0.2) is 0 Å². The van der Waals surface area contributed by atoms with Crippen molar-refractivity contribution in [3.63, 3.8) is 0 Å². The molecule has 0 bridgehead atoms. The Kier molecular flexibility index (Phi) is 5.55. The van der Waals surface area contributed by atoms with Crippen molar-refractivity contribution in [1.82, 2.24) is 10.3 Å². The van der Waals surface area contributed by atoms with E-state index in [9.17, 15) is 15.0 Å². The highest BCUT2D eigenvalue weighted by Gasteiger charge is 2.12. The maximum atomic E-state index is 12.3. The van der Waals surface area contributed by atoms with Gasteiger partial charge in [-0.2, -0.15) is 0 Å². The third kappa shape index (κ3) is 4.22. The maximum absolute atomic E-state index is 12.3. The van der Waals surface area contributed by atoms with Gasteiger partial charge in [-0.1, -0.05) is 24.3 Å². The fourth-order valence-corrected chi connectivity index (χ4v) is 2.82. The average molecular weight is 354 g/mol. The van der Waals surface area contributed by atoms with Gasteiger partial charge in [0.25, 0.3) is 5.91 Å². The van der Waals surface area contributed by atoms with Crippen molar-refractivity contribution in [3.05, 3.63) is 54.2 Å². The SMILES string of the molecule is O=C(NCC(O)CCCO)c1cc2ccc(-c3ccc(O)cc3)cc2[nH]1. The Balaban J connectivity index is 1.72. The van der Waals surface area contributed by atoms with Crippen LogP contribution in [0.25, 0.3) is 22.0 Å². The molecule has 0 fully saturated rings. The molecule has 1 heterocycles. The van der Waals surface area contributed by atoms with Crippen LogP contribution in [0.2, 0.25) is 0 Å². The zero-order valence-electron chi connectivity index (χ0n) is 14.3. The number of rotatable bonds is 7. The van der Waals surface area contributed by atoms with Gasteiger partial charge in [-0.05, 0) is 48.2 Å². The molecular weight excluding hydrogens is 332 g/mol. The Labute approximate surface area is 151 Å². The zero-order valence-corrected chi connectivity index (χ0v) is 14.3. The van der Waals surface area contributed by atoms with E-state index in [4.69, 9.17) is 5.11 Å². The third-order valence-corrected chi connectivity index (χ3v) is 4.26. The Bertz CT molecular complexity index is 886. The minimum absolute atomic E-state index is 0.0242. The number of hydrogen-bond donors (Lipinski definition) is 5. The first kappa shape index (κ1) is 18.0. The molecule has 0 spiro atoms. The number of phenolic OH excluding ortho intramolecular Hbond substituents is 1. The number of aliphatic hydroxyl groups excluding tert-OH is 2. The first-order valence-corrected chi connectivity index (χ1v) is 8.56. The molecule has 6 heteroatoms. The van der Waals surface area contributed by atoms with Gasteiger partial charge in [0.2, 0.25) is 0 Å². The number of aromatic hydroxyl groups is 1. The highest BCUT2D eigenvalue weighted by molar-refractivity contribution is 5.98. The van der Waals surface area contributed by atoms with Crippen LogP contribution in [0.4, 0.5) is 0 Å². The largest absolute Gasteiger partial charge is 0.508 e. The van der Waals surface area contributed by atoms with Crippen LogP contribution >= 0.6 is 0 Å². The van der Waals surface area contributed by atoms with Crippen LogP contribution in [0.1, 0.15) is 23.3 Å². The van der Waals surface area contributed by atoms with Gasteiger partial charge < -0.3 is 25.6 Å². The molecule has 0 saturated heterocycles.